The van der Waals surface area contributed by atoms with Gasteiger partial charge in [0.2, 0.25) is 0 Å². The molecule has 0 saturated heterocycles. The number of ether oxygens (including phenoxy) is 1. The molecule has 29 heavy (non-hydrogen) atoms. The first-order valence-electron chi connectivity index (χ1n) is 9.41. The Morgan fingerprint density at radius 3 is 2.52 bits per heavy atom. The lowest BCUT2D eigenvalue weighted by atomic mass is 10.00. The summed E-state index contributed by atoms with van der Waals surface area (Å²) in [6.07, 6.45) is 0.859. The Kier molecular flexibility index (Phi) is 6.90. The Morgan fingerprint density at radius 2 is 1.83 bits per heavy atom. The Morgan fingerprint density at radius 1 is 1.14 bits per heavy atom. The van der Waals surface area contributed by atoms with E-state index in [2.05, 4.69) is 24.3 Å². The van der Waals surface area contributed by atoms with Gasteiger partial charge in [0, 0.05) is 12.7 Å². The van der Waals surface area contributed by atoms with Gasteiger partial charge in [0.15, 0.2) is 6.73 Å². The molecule has 2 aromatic carbocycles. The molecule has 152 valence electrons. The molecule has 3 rings (SSSR count). The third-order valence-electron chi connectivity index (χ3n) is 4.51. The number of carbonyl (C=O) groups is 1. The number of hydrogen-bond donors (Lipinski definition) is 2. The molecule has 0 saturated carbocycles. The van der Waals surface area contributed by atoms with Crippen LogP contribution < -0.4 is 10.1 Å². The van der Waals surface area contributed by atoms with Gasteiger partial charge < -0.3 is 15.2 Å². The van der Waals surface area contributed by atoms with Crippen LogP contribution in [0.25, 0.3) is 0 Å². The van der Waals surface area contributed by atoms with Gasteiger partial charge in [-0.3, -0.25) is 4.79 Å². The van der Waals surface area contributed by atoms with Crippen LogP contribution in [0.2, 0.25) is 5.02 Å². The van der Waals surface area contributed by atoms with Crippen molar-refractivity contribution < 1.29 is 14.6 Å². The van der Waals surface area contributed by atoms with Crippen LogP contribution in [0.15, 0.2) is 60.8 Å². The van der Waals surface area contributed by atoms with Crippen molar-refractivity contribution in [2.75, 3.05) is 6.54 Å². The van der Waals surface area contributed by atoms with Crippen LogP contribution in [0, 0.1) is 0 Å². The smallest absolute Gasteiger partial charge is 0.271 e. The minimum absolute atomic E-state index is 0.100. The highest BCUT2D eigenvalue weighted by molar-refractivity contribution is 6.32. The van der Waals surface area contributed by atoms with Crippen LogP contribution in [0.3, 0.4) is 0 Å². The number of aliphatic hydroxyl groups is 1. The minimum atomic E-state index is -0.786. The third-order valence-corrected chi connectivity index (χ3v) is 4.82. The van der Waals surface area contributed by atoms with Gasteiger partial charge in [0.1, 0.15) is 11.4 Å². The van der Waals surface area contributed by atoms with E-state index in [0.29, 0.717) is 16.7 Å². The number of para-hydroxylation sites is 1. The fourth-order valence-corrected chi connectivity index (χ4v) is 2.94. The van der Waals surface area contributed by atoms with Gasteiger partial charge in [-0.05, 0) is 35.2 Å². The molecule has 0 aliphatic carbocycles. The summed E-state index contributed by atoms with van der Waals surface area (Å²) >= 11 is 6.05. The second kappa shape index (κ2) is 9.58. The van der Waals surface area contributed by atoms with Crippen molar-refractivity contribution in [3.05, 3.63) is 82.6 Å². The normalized spacial score (nSPS) is 12.0. The quantitative estimate of drug-likeness (QED) is 0.581. The van der Waals surface area contributed by atoms with Crippen molar-refractivity contribution in [2.45, 2.75) is 32.6 Å². The molecular formula is C22H24ClN3O3. The molecule has 1 atom stereocenters. The average molecular weight is 414 g/mol. The molecule has 1 aromatic heterocycles. The number of nitrogens with zero attached hydrogens (tertiary/aromatic N) is 2. The molecule has 0 spiro atoms. The Labute approximate surface area is 175 Å². The minimum Gasteiger partial charge on any atom is -0.470 e. The van der Waals surface area contributed by atoms with Crippen LogP contribution in [0.4, 0.5) is 0 Å². The Balaban J connectivity index is 1.51. The monoisotopic (exact) mass is 413 g/mol. The van der Waals surface area contributed by atoms with Gasteiger partial charge in [0.25, 0.3) is 5.91 Å². The number of hydrogen-bond acceptors (Lipinski definition) is 4. The highest BCUT2D eigenvalue weighted by Gasteiger charge is 2.13. The van der Waals surface area contributed by atoms with Crippen LogP contribution >= 0.6 is 11.6 Å². The van der Waals surface area contributed by atoms with Gasteiger partial charge >= 0.3 is 0 Å². The lowest BCUT2D eigenvalue weighted by Gasteiger charge is -2.13. The SMILES string of the molecule is CC(C)c1ccc(C(O)CNC(=O)c2ccn(COc3ccccc3Cl)n2)cc1. The number of carbonyl (C=O) groups excluding carboxylic acids is 1. The summed E-state index contributed by atoms with van der Waals surface area (Å²) in [6, 6.07) is 16.5. The summed E-state index contributed by atoms with van der Waals surface area (Å²) < 4.78 is 7.09. The second-order valence-electron chi connectivity index (χ2n) is 6.99. The zero-order chi connectivity index (χ0) is 20.8. The average Bonchev–Trinajstić information content (AvgIpc) is 3.20. The Hall–Kier alpha value is -2.83. The summed E-state index contributed by atoms with van der Waals surface area (Å²) in [5.41, 5.74) is 2.21. The van der Waals surface area contributed by atoms with E-state index in [4.69, 9.17) is 16.3 Å². The van der Waals surface area contributed by atoms with Crippen molar-refractivity contribution in [2.24, 2.45) is 0 Å². The number of halogens is 1. The summed E-state index contributed by atoms with van der Waals surface area (Å²) in [7, 11) is 0. The topological polar surface area (TPSA) is 76.4 Å². The maximum Gasteiger partial charge on any atom is 0.271 e. The number of aliphatic hydroxyl groups excluding tert-OH is 1. The van der Waals surface area contributed by atoms with E-state index >= 15 is 0 Å². The van der Waals surface area contributed by atoms with E-state index in [0.717, 1.165) is 5.56 Å². The van der Waals surface area contributed by atoms with Gasteiger partial charge in [-0.2, -0.15) is 5.10 Å². The molecule has 1 heterocycles. The zero-order valence-electron chi connectivity index (χ0n) is 16.4. The summed E-state index contributed by atoms with van der Waals surface area (Å²) in [5, 5.41) is 17.7. The molecule has 0 aliphatic heterocycles. The number of rotatable bonds is 8. The van der Waals surface area contributed by atoms with Crippen LogP contribution in [0.1, 0.15) is 47.5 Å². The van der Waals surface area contributed by atoms with E-state index in [9.17, 15) is 9.90 Å². The first kappa shape index (κ1) is 20.9. The molecule has 0 radical (unpaired) electrons. The maximum absolute atomic E-state index is 12.3. The Bertz CT molecular complexity index is 954. The molecule has 2 N–H and O–H groups in total. The van der Waals surface area contributed by atoms with Crippen molar-refractivity contribution in [1.29, 1.82) is 0 Å². The fourth-order valence-electron chi connectivity index (χ4n) is 2.75. The highest BCUT2D eigenvalue weighted by atomic mass is 35.5. The molecule has 0 bridgehead atoms. The molecule has 1 unspecified atom stereocenters. The van der Waals surface area contributed by atoms with E-state index in [1.807, 2.05) is 36.4 Å². The number of amides is 1. The summed E-state index contributed by atoms with van der Waals surface area (Å²) in [4.78, 5) is 12.3. The first-order valence-corrected chi connectivity index (χ1v) is 9.78. The molecule has 1 amide bonds. The van der Waals surface area contributed by atoms with Crippen molar-refractivity contribution in [1.82, 2.24) is 15.1 Å². The molecule has 6 nitrogen and oxygen atoms in total. The van der Waals surface area contributed by atoms with E-state index in [-0.39, 0.29) is 24.9 Å². The van der Waals surface area contributed by atoms with Crippen molar-refractivity contribution in [3.8, 4) is 5.75 Å². The number of nitrogens with one attached hydrogen (secondary N) is 1. The van der Waals surface area contributed by atoms with E-state index in [1.165, 1.54) is 10.2 Å². The molecule has 0 aliphatic rings. The van der Waals surface area contributed by atoms with Gasteiger partial charge in [-0.1, -0.05) is 61.8 Å². The highest BCUT2D eigenvalue weighted by Crippen LogP contribution is 2.23. The predicted molar refractivity (Wildman–Crippen MR) is 112 cm³/mol. The molecule has 3 aromatic rings. The van der Waals surface area contributed by atoms with Gasteiger partial charge in [-0.15, -0.1) is 0 Å². The second-order valence-corrected chi connectivity index (χ2v) is 7.40. The van der Waals surface area contributed by atoms with E-state index < -0.39 is 6.10 Å². The maximum atomic E-state index is 12.3. The van der Waals surface area contributed by atoms with E-state index in [1.54, 1.807) is 24.4 Å². The molecule has 0 fully saturated rings. The van der Waals surface area contributed by atoms with Crippen LogP contribution in [-0.2, 0) is 6.73 Å². The molecular weight excluding hydrogens is 390 g/mol. The third kappa shape index (κ3) is 5.59. The van der Waals surface area contributed by atoms with Crippen LogP contribution in [-0.4, -0.2) is 27.3 Å². The number of benzene rings is 2. The standard InChI is InChI=1S/C22H24ClN3O3/c1-15(2)16-7-9-17(10-8-16)20(27)13-24-22(28)19-11-12-26(25-19)14-29-21-6-4-3-5-18(21)23/h3-12,15,20,27H,13-14H2,1-2H3,(H,24,28). The largest absolute Gasteiger partial charge is 0.470 e. The summed E-state index contributed by atoms with van der Waals surface area (Å²) in [6.45, 7) is 4.46. The fraction of sp³-hybridized carbons (Fsp3) is 0.273. The first-order chi connectivity index (χ1) is 13.9. The van der Waals surface area contributed by atoms with Crippen molar-refractivity contribution in [3.63, 3.8) is 0 Å². The summed E-state index contributed by atoms with van der Waals surface area (Å²) in [5.74, 6) is 0.611. The van der Waals surface area contributed by atoms with Gasteiger partial charge in [-0.25, -0.2) is 4.68 Å². The van der Waals surface area contributed by atoms with Gasteiger partial charge in [0.05, 0.1) is 11.1 Å². The van der Waals surface area contributed by atoms with Crippen molar-refractivity contribution >= 4 is 17.5 Å². The lowest BCUT2D eigenvalue weighted by Crippen LogP contribution is -2.28. The number of aromatic nitrogens is 2. The van der Waals surface area contributed by atoms with Crippen LogP contribution in [0.5, 0.6) is 5.75 Å². The zero-order valence-corrected chi connectivity index (χ0v) is 17.1. The lowest BCUT2D eigenvalue weighted by molar-refractivity contribution is 0.0909. The molecule has 7 heteroatoms. The predicted octanol–water partition coefficient (Wildman–Crippen LogP) is 4.16.